The average molecular weight is 163 g/mol. The fraction of sp³-hybridized carbons (Fsp3) is 0.667. The van der Waals surface area contributed by atoms with Gasteiger partial charge in [0.2, 0.25) is 0 Å². The molecule has 10 heavy (non-hydrogen) atoms. The lowest BCUT2D eigenvalue weighted by molar-refractivity contribution is 0.306. The standard InChI is InChI=1S/C6H12O3S/c1-2-3-4-5-6-9-10(7)8/h3-4H,2,5-6H2,1H3,(H,7,8)/p-1. The van der Waals surface area contributed by atoms with Crippen LogP contribution in [0.5, 0.6) is 0 Å². The normalized spacial score (nSPS) is 14.2. The minimum atomic E-state index is -2.35. The Morgan fingerprint density at radius 1 is 1.60 bits per heavy atom. The Morgan fingerprint density at radius 3 is 2.80 bits per heavy atom. The van der Waals surface area contributed by atoms with Crippen LogP contribution in [0.3, 0.4) is 0 Å². The van der Waals surface area contributed by atoms with E-state index in [2.05, 4.69) is 4.18 Å². The predicted octanol–water partition coefficient (Wildman–Crippen LogP) is 1.15. The zero-order chi connectivity index (χ0) is 7.82. The van der Waals surface area contributed by atoms with Gasteiger partial charge in [0.1, 0.15) is 0 Å². The van der Waals surface area contributed by atoms with Crippen LogP contribution in [0.4, 0.5) is 0 Å². The van der Waals surface area contributed by atoms with E-state index in [4.69, 9.17) is 0 Å². The van der Waals surface area contributed by atoms with Crippen LogP contribution in [-0.4, -0.2) is 15.4 Å². The molecule has 0 amide bonds. The third kappa shape index (κ3) is 7.81. The van der Waals surface area contributed by atoms with Gasteiger partial charge in [-0.3, -0.25) is 0 Å². The SMILES string of the molecule is CCC=CCCOS(=O)[O-]. The Balaban J connectivity index is 3.05. The average Bonchev–Trinajstić information content (AvgIpc) is 1.87. The summed E-state index contributed by atoms with van der Waals surface area (Å²) in [4.78, 5) is 0. The van der Waals surface area contributed by atoms with E-state index in [0.717, 1.165) is 6.42 Å². The van der Waals surface area contributed by atoms with E-state index in [-0.39, 0.29) is 6.61 Å². The molecule has 1 atom stereocenters. The number of allylic oxidation sites excluding steroid dienone is 1. The van der Waals surface area contributed by atoms with Gasteiger partial charge in [0.15, 0.2) is 0 Å². The lowest BCUT2D eigenvalue weighted by Crippen LogP contribution is -1.95. The second-order valence-corrected chi connectivity index (χ2v) is 2.34. The molecule has 0 heterocycles. The van der Waals surface area contributed by atoms with Crippen LogP contribution in [0.1, 0.15) is 19.8 Å². The molecule has 0 aromatic heterocycles. The van der Waals surface area contributed by atoms with Crippen molar-refractivity contribution < 1.29 is 12.9 Å². The van der Waals surface area contributed by atoms with Gasteiger partial charge in [-0.05, 0) is 12.8 Å². The third-order valence-corrected chi connectivity index (χ3v) is 1.23. The maximum atomic E-state index is 9.79. The Morgan fingerprint density at radius 2 is 2.30 bits per heavy atom. The number of hydrogen-bond acceptors (Lipinski definition) is 3. The lowest BCUT2D eigenvalue weighted by atomic mass is 10.3. The molecular formula is C6H11O3S-. The molecule has 0 aliphatic rings. The molecule has 0 bridgehead atoms. The molecule has 1 unspecified atom stereocenters. The first-order valence-electron chi connectivity index (χ1n) is 3.15. The van der Waals surface area contributed by atoms with Crippen molar-refractivity contribution in [1.82, 2.24) is 0 Å². The topological polar surface area (TPSA) is 49.4 Å². The van der Waals surface area contributed by atoms with Crippen molar-refractivity contribution in [3.05, 3.63) is 12.2 Å². The van der Waals surface area contributed by atoms with Gasteiger partial charge in [0, 0.05) is 0 Å². The maximum absolute atomic E-state index is 9.79. The van der Waals surface area contributed by atoms with Crippen LogP contribution in [0.15, 0.2) is 12.2 Å². The molecule has 0 aliphatic carbocycles. The van der Waals surface area contributed by atoms with Gasteiger partial charge in [-0.25, -0.2) is 4.21 Å². The smallest absolute Gasteiger partial charge is 0.0842 e. The number of rotatable bonds is 5. The quantitative estimate of drug-likeness (QED) is 0.347. The van der Waals surface area contributed by atoms with Crippen molar-refractivity contribution in [2.45, 2.75) is 19.8 Å². The molecule has 0 aromatic rings. The van der Waals surface area contributed by atoms with E-state index < -0.39 is 11.4 Å². The van der Waals surface area contributed by atoms with Crippen molar-refractivity contribution in [2.75, 3.05) is 6.61 Å². The minimum absolute atomic E-state index is 0.243. The molecule has 0 aromatic carbocycles. The zero-order valence-electron chi connectivity index (χ0n) is 5.91. The molecule has 0 radical (unpaired) electrons. The van der Waals surface area contributed by atoms with Crippen molar-refractivity contribution in [1.29, 1.82) is 0 Å². The summed E-state index contributed by atoms with van der Waals surface area (Å²) in [5.74, 6) is 0. The molecule has 0 rings (SSSR count). The molecule has 0 N–H and O–H groups in total. The van der Waals surface area contributed by atoms with Gasteiger partial charge >= 0.3 is 0 Å². The van der Waals surface area contributed by atoms with Crippen LogP contribution in [0.25, 0.3) is 0 Å². The summed E-state index contributed by atoms with van der Waals surface area (Å²) < 4.78 is 23.8. The van der Waals surface area contributed by atoms with Crippen LogP contribution >= 0.6 is 0 Å². The molecule has 0 spiro atoms. The fourth-order valence-electron chi connectivity index (χ4n) is 0.469. The third-order valence-electron chi connectivity index (χ3n) is 0.866. The molecule has 0 saturated heterocycles. The zero-order valence-corrected chi connectivity index (χ0v) is 6.73. The van der Waals surface area contributed by atoms with Crippen LogP contribution in [0, 0.1) is 0 Å². The van der Waals surface area contributed by atoms with E-state index in [9.17, 15) is 8.76 Å². The summed E-state index contributed by atoms with van der Waals surface area (Å²) in [5, 5.41) is 0. The summed E-state index contributed by atoms with van der Waals surface area (Å²) in [7, 11) is 0. The second-order valence-electron chi connectivity index (χ2n) is 1.69. The van der Waals surface area contributed by atoms with Crippen LogP contribution in [0.2, 0.25) is 0 Å². The van der Waals surface area contributed by atoms with Crippen LogP contribution < -0.4 is 0 Å². The molecule has 3 nitrogen and oxygen atoms in total. The van der Waals surface area contributed by atoms with E-state index in [1.54, 1.807) is 0 Å². The van der Waals surface area contributed by atoms with Gasteiger partial charge in [-0.15, -0.1) is 0 Å². The van der Waals surface area contributed by atoms with E-state index in [1.807, 2.05) is 19.1 Å². The van der Waals surface area contributed by atoms with Gasteiger partial charge in [-0.2, -0.15) is 0 Å². The predicted molar refractivity (Wildman–Crippen MR) is 38.9 cm³/mol. The highest BCUT2D eigenvalue weighted by Crippen LogP contribution is 1.88. The van der Waals surface area contributed by atoms with E-state index in [1.165, 1.54) is 0 Å². The first kappa shape index (κ1) is 9.81. The largest absolute Gasteiger partial charge is 0.750 e. The Kier molecular flexibility index (Phi) is 6.79. The summed E-state index contributed by atoms with van der Waals surface area (Å²) in [5.41, 5.74) is 0. The van der Waals surface area contributed by atoms with Gasteiger partial charge in [0.25, 0.3) is 0 Å². The summed E-state index contributed by atoms with van der Waals surface area (Å²) in [6.45, 7) is 2.26. The minimum Gasteiger partial charge on any atom is -0.750 e. The summed E-state index contributed by atoms with van der Waals surface area (Å²) >= 11 is -2.35. The summed E-state index contributed by atoms with van der Waals surface area (Å²) in [6.07, 6.45) is 5.49. The van der Waals surface area contributed by atoms with E-state index in [0.29, 0.717) is 6.42 Å². The van der Waals surface area contributed by atoms with E-state index >= 15 is 0 Å². The first-order valence-corrected chi connectivity index (χ1v) is 4.15. The molecular weight excluding hydrogens is 152 g/mol. The Labute approximate surface area is 63.6 Å². The van der Waals surface area contributed by atoms with Crippen molar-refractivity contribution >= 4 is 11.4 Å². The molecule has 4 heteroatoms. The molecule has 0 aliphatic heterocycles. The van der Waals surface area contributed by atoms with Crippen LogP contribution in [-0.2, 0) is 15.5 Å². The van der Waals surface area contributed by atoms with Crippen molar-refractivity contribution in [3.8, 4) is 0 Å². The molecule has 0 saturated carbocycles. The lowest BCUT2D eigenvalue weighted by Gasteiger charge is -2.02. The Hall–Kier alpha value is -0.190. The second kappa shape index (κ2) is 6.92. The van der Waals surface area contributed by atoms with Gasteiger partial charge < -0.3 is 8.74 Å². The monoisotopic (exact) mass is 163 g/mol. The first-order chi connectivity index (χ1) is 4.77. The van der Waals surface area contributed by atoms with Crippen molar-refractivity contribution in [3.63, 3.8) is 0 Å². The fourth-order valence-corrected chi connectivity index (χ4v) is 0.701. The highest BCUT2D eigenvalue weighted by Gasteiger charge is 1.81. The van der Waals surface area contributed by atoms with Gasteiger partial charge in [-0.1, -0.05) is 19.1 Å². The highest BCUT2D eigenvalue weighted by atomic mass is 32.2. The molecule has 60 valence electrons. The maximum Gasteiger partial charge on any atom is 0.0842 e. The molecule has 0 fully saturated rings. The number of hydrogen-bond donors (Lipinski definition) is 0. The highest BCUT2D eigenvalue weighted by molar-refractivity contribution is 7.74. The van der Waals surface area contributed by atoms with Crippen molar-refractivity contribution in [2.24, 2.45) is 0 Å². The summed E-state index contributed by atoms with van der Waals surface area (Å²) in [6, 6.07) is 0. The van der Waals surface area contributed by atoms with Gasteiger partial charge in [0.05, 0.1) is 18.0 Å². The Bertz CT molecular complexity index is 122.